The Bertz CT molecular complexity index is 127. The van der Waals surface area contributed by atoms with Crippen LogP contribution in [0.5, 0.6) is 0 Å². The lowest BCUT2D eigenvalue weighted by molar-refractivity contribution is 0.263. The van der Waals surface area contributed by atoms with E-state index in [-0.39, 0.29) is 0 Å². The van der Waals surface area contributed by atoms with Crippen molar-refractivity contribution in [3.8, 4) is 0 Å². The Balaban J connectivity index is 2.21. The highest BCUT2D eigenvalue weighted by atomic mass is 14.9. The maximum Gasteiger partial charge on any atom is 0.00923 e. The first-order valence-electron chi connectivity index (χ1n) is 6.55. The molecule has 0 saturated heterocycles. The van der Waals surface area contributed by atoms with E-state index in [0.29, 0.717) is 0 Å². The Labute approximate surface area is 89.7 Å². The van der Waals surface area contributed by atoms with Gasteiger partial charge in [0.15, 0.2) is 0 Å². The number of nitrogens with one attached hydrogen (secondary N) is 1. The van der Waals surface area contributed by atoms with Crippen LogP contribution in [0, 0.1) is 5.92 Å². The second-order valence-corrected chi connectivity index (χ2v) is 4.79. The van der Waals surface area contributed by atoms with Gasteiger partial charge in [0.25, 0.3) is 0 Å². The van der Waals surface area contributed by atoms with E-state index < -0.39 is 0 Å². The van der Waals surface area contributed by atoms with Crippen LogP contribution in [0.4, 0.5) is 0 Å². The van der Waals surface area contributed by atoms with Gasteiger partial charge in [-0.05, 0) is 32.2 Å². The average molecular weight is 197 g/mol. The summed E-state index contributed by atoms with van der Waals surface area (Å²) >= 11 is 0. The molecule has 0 aromatic carbocycles. The van der Waals surface area contributed by atoms with Gasteiger partial charge in [0.1, 0.15) is 0 Å². The summed E-state index contributed by atoms with van der Waals surface area (Å²) in [4.78, 5) is 0. The van der Waals surface area contributed by atoms with Crippen molar-refractivity contribution in [2.24, 2.45) is 5.92 Å². The fourth-order valence-corrected chi connectivity index (χ4v) is 2.77. The minimum atomic E-state index is 0.807. The van der Waals surface area contributed by atoms with Crippen molar-refractivity contribution in [3.63, 3.8) is 0 Å². The quantitative estimate of drug-likeness (QED) is 0.640. The molecule has 0 spiro atoms. The lowest BCUT2D eigenvalue weighted by Crippen LogP contribution is -2.34. The maximum atomic E-state index is 3.53. The normalized spacial score (nSPS) is 21.0. The number of hydrogen-bond acceptors (Lipinski definition) is 1. The fraction of sp³-hybridized carbons (Fsp3) is 1.00. The van der Waals surface area contributed by atoms with E-state index in [1.807, 2.05) is 0 Å². The molecule has 1 heteroatoms. The number of rotatable bonds is 6. The Morgan fingerprint density at radius 1 is 1.14 bits per heavy atom. The highest BCUT2D eigenvalue weighted by Crippen LogP contribution is 2.28. The minimum absolute atomic E-state index is 0.807. The van der Waals surface area contributed by atoms with Crippen molar-refractivity contribution < 1.29 is 0 Å². The van der Waals surface area contributed by atoms with Crippen LogP contribution in [0.25, 0.3) is 0 Å². The van der Waals surface area contributed by atoms with Crippen molar-refractivity contribution in [1.82, 2.24) is 5.32 Å². The number of hydrogen-bond donors (Lipinski definition) is 1. The Kier molecular flexibility index (Phi) is 6.25. The second kappa shape index (κ2) is 7.28. The van der Waals surface area contributed by atoms with Crippen molar-refractivity contribution in [2.45, 2.75) is 70.8 Å². The largest absolute Gasteiger partial charge is 0.317 e. The smallest absolute Gasteiger partial charge is 0.00923 e. The van der Waals surface area contributed by atoms with Crippen LogP contribution >= 0.6 is 0 Å². The predicted molar refractivity (Wildman–Crippen MR) is 63.6 cm³/mol. The SMILES string of the molecule is CCCCCC(NC)C1CCCCC1. The molecule has 0 aliphatic heterocycles. The fourth-order valence-electron chi connectivity index (χ4n) is 2.77. The van der Waals surface area contributed by atoms with Crippen LogP contribution in [-0.2, 0) is 0 Å². The van der Waals surface area contributed by atoms with Crippen LogP contribution in [-0.4, -0.2) is 13.1 Å². The molecule has 1 saturated carbocycles. The van der Waals surface area contributed by atoms with E-state index in [1.54, 1.807) is 0 Å². The molecule has 84 valence electrons. The molecule has 14 heavy (non-hydrogen) atoms. The molecule has 0 radical (unpaired) electrons. The van der Waals surface area contributed by atoms with Crippen molar-refractivity contribution in [2.75, 3.05) is 7.05 Å². The van der Waals surface area contributed by atoms with Gasteiger partial charge in [-0.15, -0.1) is 0 Å². The molecule has 1 N–H and O–H groups in total. The van der Waals surface area contributed by atoms with E-state index in [9.17, 15) is 0 Å². The summed E-state index contributed by atoms with van der Waals surface area (Å²) in [5.41, 5.74) is 0. The summed E-state index contributed by atoms with van der Waals surface area (Å²) in [6.07, 6.45) is 12.9. The molecule has 0 amide bonds. The molecular weight excluding hydrogens is 170 g/mol. The first-order valence-corrected chi connectivity index (χ1v) is 6.55. The second-order valence-electron chi connectivity index (χ2n) is 4.79. The van der Waals surface area contributed by atoms with E-state index in [4.69, 9.17) is 0 Å². The summed E-state index contributed by atoms with van der Waals surface area (Å²) in [6.45, 7) is 2.29. The van der Waals surface area contributed by atoms with Gasteiger partial charge in [0, 0.05) is 6.04 Å². The van der Waals surface area contributed by atoms with Gasteiger partial charge in [-0.1, -0.05) is 45.4 Å². The van der Waals surface area contributed by atoms with Gasteiger partial charge in [0.05, 0.1) is 0 Å². The van der Waals surface area contributed by atoms with E-state index >= 15 is 0 Å². The molecule has 1 aliphatic rings. The summed E-state index contributed by atoms with van der Waals surface area (Å²) in [6, 6.07) is 0.807. The third kappa shape index (κ3) is 4.00. The lowest BCUT2D eigenvalue weighted by Gasteiger charge is -2.30. The van der Waals surface area contributed by atoms with Crippen LogP contribution in [0.2, 0.25) is 0 Å². The van der Waals surface area contributed by atoms with Crippen LogP contribution in [0.1, 0.15) is 64.7 Å². The third-order valence-electron chi connectivity index (χ3n) is 3.71. The molecule has 1 aliphatic carbocycles. The standard InChI is InChI=1S/C13H27N/c1-3-4-6-11-13(14-2)12-9-7-5-8-10-12/h12-14H,3-11H2,1-2H3. The number of unbranched alkanes of at least 4 members (excludes halogenated alkanes) is 2. The Morgan fingerprint density at radius 2 is 1.86 bits per heavy atom. The highest BCUT2D eigenvalue weighted by molar-refractivity contribution is 4.78. The van der Waals surface area contributed by atoms with Crippen LogP contribution in [0.15, 0.2) is 0 Å². The first-order chi connectivity index (χ1) is 6.88. The first kappa shape index (κ1) is 12.0. The monoisotopic (exact) mass is 197 g/mol. The molecule has 0 bridgehead atoms. The van der Waals surface area contributed by atoms with Gasteiger partial charge in [-0.2, -0.15) is 0 Å². The summed E-state index contributed by atoms with van der Waals surface area (Å²) in [5, 5.41) is 3.53. The molecule has 1 atom stereocenters. The molecule has 1 nitrogen and oxygen atoms in total. The lowest BCUT2D eigenvalue weighted by atomic mass is 9.82. The summed E-state index contributed by atoms with van der Waals surface area (Å²) in [5.74, 6) is 0.977. The van der Waals surface area contributed by atoms with E-state index in [2.05, 4.69) is 19.3 Å². The molecular formula is C13H27N. The van der Waals surface area contributed by atoms with Crippen molar-refractivity contribution in [3.05, 3.63) is 0 Å². The van der Waals surface area contributed by atoms with Gasteiger partial charge >= 0.3 is 0 Å². The van der Waals surface area contributed by atoms with Gasteiger partial charge in [-0.25, -0.2) is 0 Å². The Morgan fingerprint density at radius 3 is 2.43 bits per heavy atom. The molecule has 0 heterocycles. The minimum Gasteiger partial charge on any atom is -0.317 e. The Hall–Kier alpha value is -0.0400. The highest BCUT2D eigenvalue weighted by Gasteiger charge is 2.21. The zero-order valence-corrected chi connectivity index (χ0v) is 10.0. The molecule has 1 unspecified atom stereocenters. The van der Waals surface area contributed by atoms with E-state index in [0.717, 1.165) is 12.0 Å². The van der Waals surface area contributed by atoms with Crippen LogP contribution in [0.3, 0.4) is 0 Å². The van der Waals surface area contributed by atoms with Crippen molar-refractivity contribution in [1.29, 1.82) is 0 Å². The zero-order chi connectivity index (χ0) is 10.2. The third-order valence-corrected chi connectivity index (χ3v) is 3.71. The van der Waals surface area contributed by atoms with Crippen molar-refractivity contribution >= 4 is 0 Å². The summed E-state index contributed by atoms with van der Waals surface area (Å²) in [7, 11) is 2.14. The molecule has 0 aromatic heterocycles. The predicted octanol–water partition coefficient (Wildman–Crippen LogP) is 3.74. The maximum absolute atomic E-state index is 3.53. The molecule has 1 rings (SSSR count). The van der Waals surface area contributed by atoms with Crippen LogP contribution < -0.4 is 5.32 Å². The zero-order valence-electron chi connectivity index (χ0n) is 10.0. The summed E-state index contributed by atoms with van der Waals surface area (Å²) < 4.78 is 0. The van der Waals surface area contributed by atoms with Gasteiger partial charge < -0.3 is 5.32 Å². The molecule has 1 fully saturated rings. The topological polar surface area (TPSA) is 12.0 Å². The average Bonchev–Trinajstić information content (AvgIpc) is 2.26. The van der Waals surface area contributed by atoms with E-state index in [1.165, 1.54) is 57.8 Å². The molecule has 0 aromatic rings. The van der Waals surface area contributed by atoms with Gasteiger partial charge in [-0.3, -0.25) is 0 Å². The van der Waals surface area contributed by atoms with Gasteiger partial charge in [0.2, 0.25) is 0 Å².